The monoisotopic (exact) mass is 254 g/mol. The lowest BCUT2D eigenvalue weighted by molar-refractivity contribution is -0.385. The van der Waals surface area contributed by atoms with E-state index in [1.54, 1.807) is 6.08 Å². The molecule has 0 bridgehead atoms. The van der Waals surface area contributed by atoms with E-state index in [9.17, 15) is 10.1 Å². The van der Waals surface area contributed by atoms with Crippen molar-refractivity contribution in [1.82, 2.24) is 0 Å². The summed E-state index contributed by atoms with van der Waals surface area (Å²) >= 11 is 3.23. The second-order valence-electron chi connectivity index (χ2n) is 2.84. The van der Waals surface area contributed by atoms with Gasteiger partial charge in [-0.05, 0) is 11.6 Å². The van der Waals surface area contributed by atoms with Crippen LogP contribution in [0.4, 0.5) is 5.69 Å². The number of non-ortho nitro benzene ring substituents is 1. The van der Waals surface area contributed by atoms with Crippen molar-refractivity contribution >= 4 is 21.6 Å². The van der Waals surface area contributed by atoms with Gasteiger partial charge in [-0.15, -0.1) is 6.58 Å². The van der Waals surface area contributed by atoms with Gasteiger partial charge in [-0.2, -0.15) is 0 Å². The van der Waals surface area contributed by atoms with E-state index in [2.05, 4.69) is 22.5 Å². The smallest absolute Gasteiger partial charge is 0.258 e. The van der Waals surface area contributed by atoms with Gasteiger partial charge in [-0.25, -0.2) is 0 Å². The van der Waals surface area contributed by atoms with Crippen LogP contribution in [0.5, 0.6) is 0 Å². The van der Waals surface area contributed by atoms with Crippen molar-refractivity contribution in [1.29, 1.82) is 0 Å². The molecule has 73 valence electrons. The Morgan fingerprint density at radius 2 is 2.21 bits per heavy atom. The van der Waals surface area contributed by atoms with Gasteiger partial charge >= 0.3 is 0 Å². The van der Waals surface area contributed by atoms with Crippen molar-refractivity contribution in [3.05, 3.63) is 56.9 Å². The molecule has 0 heterocycles. The summed E-state index contributed by atoms with van der Waals surface area (Å²) in [6, 6.07) is 4.83. The predicted molar refractivity (Wildman–Crippen MR) is 59.0 cm³/mol. The van der Waals surface area contributed by atoms with E-state index in [1.165, 1.54) is 12.1 Å². The van der Waals surface area contributed by atoms with Crippen molar-refractivity contribution in [3.63, 3.8) is 0 Å². The predicted octanol–water partition coefficient (Wildman–Crippen LogP) is 3.49. The summed E-state index contributed by atoms with van der Waals surface area (Å²) < 4.78 is 0.697. The normalized spacial score (nSPS) is 10.2. The number of nitro groups is 1. The van der Waals surface area contributed by atoms with Crippen LogP contribution in [0.25, 0.3) is 0 Å². The van der Waals surface area contributed by atoms with E-state index in [0.717, 1.165) is 11.5 Å². The topological polar surface area (TPSA) is 43.1 Å². The molecule has 0 N–H and O–H groups in total. The Balaban J connectivity index is 3.19. The molecule has 1 rings (SSSR count). The van der Waals surface area contributed by atoms with Gasteiger partial charge in [-0.3, -0.25) is 10.1 Å². The van der Waals surface area contributed by atoms with E-state index in [1.807, 2.05) is 13.0 Å². The maximum Gasteiger partial charge on any atom is 0.270 e. The van der Waals surface area contributed by atoms with E-state index >= 15 is 0 Å². The van der Waals surface area contributed by atoms with E-state index in [4.69, 9.17) is 0 Å². The molecule has 0 amide bonds. The van der Waals surface area contributed by atoms with Crippen LogP contribution in [0.1, 0.15) is 12.5 Å². The SMILES string of the molecule is C=C[C](C)c1cc(Br)cc([N+](=O)[O-])c1. The largest absolute Gasteiger partial charge is 0.270 e. The number of nitrogens with zero attached hydrogens (tertiary/aromatic N) is 1. The zero-order chi connectivity index (χ0) is 10.7. The molecule has 0 aliphatic heterocycles. The first-order chi connectivity index (χ1) is 6.54. The summed E-state index contributed by atoms with van der Waals surface area (Å²) in [6.07, 6.45) is 1.67. The van der Waals surface area contributed by atoms with Crippen LogP contribution in [0.3, 0.4) is 0 Å². The summed E-state index contributed by atoms with van der Waals surface area (Å²) in [5, 5.41) is 10.6. The minimum atomic E-state index is -0.412. The molecule has 1 aromatic carbocycles. The van der Waals surface area contributed by atoms with Gasteiger partial charge in [0.1, 0.15) is 0 Å². The number of hydrogen-bond acceptors (Lipinski definition) is 2. The Morgan fingerprint density at radius 3 is 2.71 bits per heavy atom. The Hall–Kier alpha value is -1.16. The zero-order valence-electron chi connectivity index (χ0n) is 7.66. The number of halogens is 1. The molecule has 0 fully saturated rings. The Morgan fingerprint density at radius 1 is 1.57 bits per heavy atom. The van der Waals surface area contributed by atoms with Crippen molar-refractivity contribution in [2.45, 2.75) is 6.92 Å². The van der Waals surface area contributed by atoms with Crippen molar-refractivity contribution in [2.75, 3.05) is 0 Å². The first kappa shape index (κ1) is 10.9. The maximum atomic E-state index is 10.6. The molecule has 14 heavy (non-hydrogen) atoms. The highest BCUT2D eigenvalue weighted by molar-refractivity contribution is 9.10. The zero-order valence-corrected chi connectivity index (χ0v) is 9.24. The standard InChI is InChI=1S/C10H9BrNO2/c1-3-7(2)8-4-9(11)6-10(5-8)12(13)14/h3-6H,1H2,2H3. The average Bonchev–Trinajstić information content (AvgIpc) is 2.15. The number of allylic oxidation sites excluding steroid dienone is 1. The first-order valence-corrected chi connectivity index (χ1v) is 4.75. The summed E-state index contributed by atoms with van der Waals surface area (Å²) in [6.45, 7) is 5.48. The first-order valence-electron chi connectivity index (χ1n) is 3.96. The van der Waals surface area contributed by atoms with Crippen LogP contribution >= 0.6 is 15.9 Å². The number of benzene rings is 1. The Bertz CT molecular complexity index is 376. The molecule has 0 saturated heterocycles. The highest BCUT2D eigenvalue weighted by atomic mass is 79.9. The van der Waals surface area contributed by atoms with Crippen LogP contribution in [0, 0.1) is 16.0 Å². The van der Waals surface area contributed by atoms with Gasteiger partial charge < -0.3 is 0 Å². The molecule has 3 nitrogen and oxygen atoms in total. The quantitative estimate of drug-likeness (QED) is 0.612. The Labute approximate surface area is 90.7 Å². The highest BCUT2D eigenvalue weighted by Crippen LogP contribution is 2.25. The number of hydrogen-bond donors (Lipinski definition) is 0. The van der Waals surface area contributed by atoms with Crippen LogP contribution in [0.15, 0.2) is 35.3 Å². The molecule has 0 aliphatic rings. The van der Waals surface area contributed by atoms with Crippen LogP contribution in [0.2, 0.25) is 0 Å². The van der Waals surface area contributed by atoms with E-state index in [-0.39, 0.29) is 5.69 Å². The third-order valence-electron chi connectivity index (χ3n) is 1.85. The van der Waals surface area contributed by atoms with Gasteiger partial charge in [0, 0.05) is 22.5 Å². The van der Waals surface area contributed by atoms with Gasteiger partial charge in [0.15, 0.2) is 0 Å². The fourth-order valence-electron chi connectivity index (χ4n) is 1.03. The second-order valence-corrected chi connectivity index (χ2v) is 3.76. The van der Waals surface area contributed by atoms with Crippen molar-refractivity contribution in [2.24, 2.45) is 0 Å². The molecule has 0 aromatic heterocycles. The molecular formula is C10H9BrNO2. The molecule has 1 radical (unpaired) electrons. The molecule has 0 unspecified atom stereocenters. The second kappa shape index (κ2) is 4.37. The highest BCUT2D eigenvalue weighted by Gasteiger charge is 2.11. The molecule has 0 atom stereocenters. The van der Waals surface area contributed by atoms with Crippen LogP contribution in [-0.2, 0) is 0 Å². The van der Waals surface area contributed by atoms with Crippen molar-refractivity contribution in [3.8, 4) is 0 Å². The minimum Gasteiger partial charge on any atom is -0.258 e. The molecule has 0 saturated carbocycles. The van der Waals surface area contributed by atoms with Gasteiger partial charge in [0.2, 0.25) is 0 Å². The summed E-state index contributed by atoms with van der Waals surface area (Å²) in [4.78, 5) is 10.2. The maximum absolute atomic E-state index is 10.6. The van der Waals surface area contributed by atoms with Gasteiger partial charge in [-0.1, -0.05) is 28.9 Å². The third kappa shape index (κ3) is 2.42. The number of rotatable bonds is 3. The molecule has 4 heteroatoms. The van der Waals surface area contributed by atoms with E-state index in [0.29, 0.717) is 4.47 Å². The van der Waals surface area contributed by atoms with Crippen LogP contribution in [-0.4, -0.2) is 4.92 Å². The molecule has 1 aromatic rings. The fourth-order valence-corrected chi connectivity index (χ4v) is 1.51. The van der Waals surface area contributed by atoms with E-state index < -0.39 is 4.92 Å². The van der Waals surface area contributed by atoms with Gasteiger partial charge in [0.05, 0.1) is 4.92 Å². The summed E-state index contributed by atoms with van der Waals surface area (Å²) in [5.41, 5.74) is 0.886. The number of nitro benzene ring substituents is 1. The fraction of sp³-hybridized carbons (Fsp3) is 0.100. The van der Waals surface area contributed by atoms with Gasteiger partial charge in [0.25, 0.3) is 5.69 Å². The van der Waals surface area contributed by atoms with Crippen molar-refractivity contribution < 1.29 is 4.92 Å². The van der Waals surface area contributed by atoms with Crippen LogP contribution < -0.4 is 0 Å². The molecule has 0 spiro atoms. The lowest BCUT2D eigenvalue weighted by Gasteiger charge is -2.05. The summed E-state index contributed by atoms with van der Waals surface area (Å²) in [7, 11) is 0. The Kier molecular flexibility index (Phi) is 3.41. The third-order valence-corrected chi connectivity index (χ3v) is 2.31. The average molecular weight is 255 g/mol. The summed E-state index contributed by atoms with van der Waals surface area (Å²) in [5.74, 6) is 0.911. The lowest BCUT2D eigenvalue weighted by Crippen LogP contribution is -1.94. The molecular weight excluding hydrogens is 246 g/mol. The lowest BCUT2D eigenvalue weighted by atomic mass is 10.0. The minimum absolute atomic E-state index is 0.0792. The molecule has 0 aliphatic carbocycles.